The highest BCUT2D eigenvalue weighted by Crippen LogP contribution is 2.33. The highest BCUT2D eigenvalue weighted by atomic mass is 35.5. The Morgan fingerprint density at radius 2 is 1.62 bits per heavy atom. The molecule has 0 saturated carbocycles. The Kier molecular flexibility index (Phi) is 5.06. The van der Waals surface area contributed by atoms with Gasteiger partial charge in [-0.1, -0.05) is 46.4 Å². The summed E-state index contributed by atoms with van der Waals surface area (Å²) in [7, 11) is 0. The number of nitrogens with one attached hydrogen (secondary N) is 1. The molecule has 0 fully saturated rings. The Morgan fingerprint density at radius 1 is 1.00 bits per heavy atom. The average molecular weight is 364 g/mol. The van der Waals surface area contributed by atoms with Crippen molar-refractivity contribution in [1.29, 1.82) is 0 Å². The van der Waals surface area contributed by atoms with Gasteiger partial charge in [0.1, 0.15) is 5.69 Å². The molecule has 4 nitrogen and oxygen atoms in total. The molecule has 0 spiro atoms. The van der Waals surface area contributed by atoms with Crippen LogP contribution >= 0.6 is 46.4 Å². The summed E-state index contributed by atoms with van der Waals surface area (Å²) in [6.07, 6.45) is 0. The van der Waals surface area contributed by atoms with Gasteiger partial charge in [-0.25, -0.2) is 0 Å². The third-order valence-electron chi connectivity index (χ3n) is 2.54. The molecule has 8 heteroatoms. The topological polar surface area (TPSA) is 58.5 Å². The summed E-state index contributed by atoms with van der Waals surface area (Å²) in [6.45, 7) is 0. The second-order valence-electron chi connectivity index (χ2n) is 3.96. The van der Waals surface area contributed by atoms with E-state index in [0.717, 1.165) is 0 Å². The summed E-state index contributed by atoms with van der Waals surface area (Å²) < 4.78 is 0. The zero-order valence-corrected chi connectivity index (χ0v) is 13.2. The highest BCUT2D eigenvalue weighted by Gasteiger charge is 2.14. The SMILES string of the molecule is O=Nc1ccc(Cl)cc1C(=O)Nc1cc(Cl)c(Cl)c(Cl)c1. The van der Waals surface area contributed by atoms with Crippen molar-refractivity contribution in [2.45, 2.75) is 0 Å². The van der Waals surface area contributed by atoms with E-state index >= 15 is 0 Å². The van der Waals surface area contributed by atoms with Crippen molar-refractivity contribution in [1.82, 2.24) is 0 Å². The lowest BCUT2D eigenvalue weighted by Crippen LogP contribution is -2.12. The van der Waals surface area contributed by atoms with Crippen LogP contribution in [0, 0.1) is 4.91 Å². The van der Waals surface area contributed by atoms with E-state index < -0.39 is 5.91 Å². The van der Waals surface area contributed by atoms with Gasteiger partial charge < -0.3 is 5.32 Å². The van der Waals surface area contributed by atoms with E-state index in [1.807, 2.05) is 0 Å². The average Bonchev–Trinajstić information content (AvgIpc) is 2.44. The molecule has 108 valence electrons. The van der Waals surface area contributed by atoms with Crippen LogP contribution in [0.3, 0.4) is 0 Å². The number of rotatable bonds is 3. The van der Waals surface area contributed by atoms with Crippen molar-refractivity contribution in [2.24, 2.45) is 5.18 Å². The highest BCUT2D eigenvalue weighted by molar-refractivity contribution is 6.48. The molecule has 21 heavy (non-hydrogen) atoms. The fourth-order valence-electron chi connectivity index (χ4n) is 1.60. The molecule has 0 unspecified atom stereocenters. The number of halogens is 4. The van der Waals surface area contributed by atoms with Gasteiger partial charge in [0.2, 0.25) is 0 Å². The first kappa shape index (κ1) is 16.0. The largest absolute Gasteiger partial charge is 0.322 e. The molecule has 2 aromatic rings. The summed E-state index contributed by atoms with van der Waals surface area (Å²) in [6, 6.07) is 7.03. The molecule has 0 radical (unpaired) electrons. The zero-order chi connectivity index (χ0) is 15.6. The standard InChI is InChI=1S/C13H6Cl4N2O2/c14-6-1-2-11(19-21)8(3-6)13(20)18-7-4-9(15)12(17)10(16)5-7/h1-5H,(H,18,20). The molecule has 2 rings (SSSR count). The summed E-state index contributed by atoms with van der Waals surface area (Å²) >= 11 is 23.4. The van der Waals surface area contributed by atoms with Gasteiger partial charge >= 0.3 is 0 Å². The number of hydrogen-bond donors (Lipinski definition) is 1. The first-order valence-electron chi connectivity index (χ1n) is 5.51. The smallest absolute Gasteiger partial charge is 0.258 e. The molecular formula is C13H6Cl4N2O2. The van der Waals surface area contributed by atoms with Crippen molar-refractivity contribution >= 4 is 63.7 Å². The molecule has 0 bridgehead atoms. The number of nitrogens with zero attached hydrogens (tertiary/aromatic N) is 1. The summed E-state index contributed by atoms with van der Waals surface area (Å²) in [5.41, 5.74) is 0.346. The number of amides is 1. The van der Waals surface area contributed by atoms with E-state index in [-0.39, 0.29) is 26.3 Å². The van der Waals surface area contributed by atoms with Gasteiger partial charge in [0.05, 0.1) is 20.6 Å². The summed E-state index contributed by atoms with van der Waals surface area (Å²) in [4.78, 5) is 22.9. The second kappa shape index (κ2) is 6.62. The van der Waals surface area contributed by atoms with Crippen molar-refractivity contribution in [2.75, 3.05) is 5.32 Å². The number of benzene rings is 2. The van der Waals surface area contributed by atoms with E-state index in [1.165, 1.54) is 30.3 Å². The minimum Gasteiger partial charge on any atom is -0.322 e. The predicted molar refractivity (Wildman–Crippen MR) is 86.3 cm³/mol. The number of anilines is 1. The van der Waals surface area contributed by atoms with Gasteiger partial charge in [-0.3, -0.25) is 4.79 Å². The zero-order valence-electron chi connectivity index (χ0n) is 10.2. The summed E-state index contributed by atoms with van der Waals surface area (Å²) in [5, 5.41) is 6.21. The molecule has 0 aliphatic rings. The first-order valence-corrected chi connectivity index (χ1v) is 7.02. The molecule has 0 atom stereocenters. The lowest BCUT2D eigenvalue weighted by Gasteiger charge is -2.09. The van der Waals surface area contributed by atoms with Crippen LogP contribution in [0.25, 0.3) is 0 Å². The Labute approximate surface area is 139 Å². The fraction of sp³-hybridized carbons (Fsp3) is 0. The van der Waals surface area contributed by atoms with Crippen LogP contribution in [-0.4, -0.2) is 5.91 Å². The molecule has 0 aliphatic carbocycles. The van der Waals surface area contributed by atoms with Gasteiger partial charge in [0.25, 0.3) is 5.91 Å². The maximum absolute atomic E-state index is 12.2. The van der Waals surface area contributed by atoms with Gasteiger partial charge in [0, 0.05) is 10.7 Å². The van der Waals surface area contributed by atoms with Crippen LogP contribution in [-0.2, 0) is 0 Å². The number of hydrogen-bond acceptors (Lipinski definition) is 3. The van der Waals surface area contributed by atoms with Crippen molar-refractivity contribution < 1.29 is 4.79 Å². The monoisotopic (exact) mass is 362 g/mol. The van der Waals surface area contributed by atoms with E-state index in [0.29, 0.717) is 10.7 Å². The van der Waals surface area contributed by atoms with Crippen molar-refractivity contribution in [3.8, 4) is 0 Å². The molecule has 2 aromatic carbocycles. The predicted octanol–water partition coefficient (Wildman–Crippen LogP) is 5.95. The van der Waals surface area contributed by atoms with Crippen molar-refractivity contribution in [3.63, 3.8) is 0 Å². The normalized spacial score (nSPS) is 10.3. The van der Waals surface area contributed by atoms with Gasteiger partial charge in [-0.2, -0.15) is 0 Å². The van der Waals surface area contributed by atoms with E-state index in [4.69, 9.17) is 46.4 Å². The molecular weight excluding hydrogens is 358 g/mol. The van der Waals surface area contributed by atoms with Crippen LogP contribution in [0.2, 0.25) is 20.1 Å². The van der Waals surface area contributed by atoms with E-state index in [9.17, 15) is 9.70 Å². The third kappa shape index (κ3) is 3.66. The Morgan fingerprint density at radius 3 is 2.19 bits per heavy atom. The van der Waals surface area contributed by atoms with E-state index in [2.05, 4.69) is 10.5 Å². The number of nitroso groups, excluding NO2 is 1. The van der Waals surface area contributed by atoms with Gasteiger partial charge in [0.15, 0.2) is 0 Å². The molecule has 1 amide bonds. The van der Waals surface area contributed by atoms with Gasteiger partial charge in [-0.15, -0.1) is 4.91 Å². The van der Waals surface area contributed by atoms with Crippen LogP contribution in [0.15, 0.2) is 35.5 Å². The molecule has 0 saturated heterocycles. The maximum Gasteiger partial charge on any atom is 0.258 e. The molecule has 1 N–H and O–H groups in total. The van der Waals surface area contributed by atoms with Crippen LogP contribution in [0.4, 0.5) is 11.4 Å². The molecule has 0 heterocycles. The quantitative estimate of drug-likeness (QED) is 0.541. The third-order valence-corrected chi connectivity index (χ3v) is 3.98. The Balaban J connectivity index is 2.34. The first-order chi connectivity index (χ1) is 9.92. The lowest BCUT2D eigenvalue weighted by molar-refractivity contribution is 0.102. The number of carbonyl (C=O) groups excluding carboxylic acids is 1. The fourth-order valence-corrected chi connectivity index (χ4v) is 2.36. The Hall–Kier alpha value is -1.33. The second-order valence-corrected chi connectivity index (χ2v) is 5.59. The molecule has 0 aromatic heterocycles. The van der Waals surface area contributed by atoms with E-state index in [1.54, 1.807) is 0 Å². The number of carbonyl (C=O) groups is 1. The van der Waals surface area contributed by atoms with Crippen LogP contribution in [0.5, 0.6) is 0 Å². The van der Waals surface area contributed by atoms with Crippen LogP contribution in [0.1, 0.15) is 10.4 Å². The van der Waals surface area contributed by atoms with Crippen LogP contribution < -0.4 is 5.32 Å². The molecule has 0 aliphatic heterocycles. The minimum atomic E-state index is -0.568. The Bertz CT molecular complexity index is 711. The van der Waals surface area contributed by atoms with Crippen molar-refractivity contribution in [3.05, 3.63) is 60.9 Å². The minimum absolute atomic E-state index is 0.0249. The maximum atomic E-state index is 12.2. The lowest BCUT2D eigenvalue weighted by atomic mass is 10.1. The summed E-state index contributed by atoms with van der Waals surface area (Å²) in [5.74, 6) is -0.568. The van der Waals surface area contributed by atoms with Gasteiger partial charge in [-0.05, 0) is 35.5 Å².